The molecule has 9 aromatic carbocycles. The fourth-order valence-electron chi connectivity index (χ4n) is 7.94. The van der Waals surface area contributed by atoms with E-state index in [9.17, 15) is 0 Å². The van der Waals surface area contributed by atoms with Crippen LogP contribution in [0, 0.1) is 0 Å². The second kappa shape index (κ2) is 11.7. The van der Waals surface area contributed by atoms with Gasteiger partial charge in [0.1, 0.15) is 11.2 Å². The van der Waals surface area contributed by atoms with E-state index in [1.165, 1.54) is 32.3 Å². The minimum absolute atomic E-state index is 0.598. The van der Waals surface area contributed by atoms with E-state index in [-0.39, 0.29) is 0 Å². The molecular weight excluding hydrogens is 647 g/mol. The van der Waals surface area contributed by atoms with E-state index in [1.807, 2.05) is 12.1 Å². The number of benzene rings is 9. The molecule has 0 aliphatic rings. The fraction of sp³-hybridized carbons (Fsp3) is 0. The highest BCUT2D eigenvalue weighted by Gasteiger charge is 2.20. The Morgan fingerprint density at radius 3 is 1.70 bits per heavy atom. The molecule has 11 rings (SSSR count). The van der Waals surface area contributed by atoms with E-state index in [1.54, 1.807) is 0 Å². The second-order valence-corrected chi connectivity index (χ2v) is 13.6. The maximum atomic E-state index is 6.74. The van der Waals surface area contributed by atoms with Crippen molar-refractivity contribution in [2.24, 2.45) is 0 Å². The van der Waals surface area contributed by atoms with Gasteiger partial charge in [-0.3, -0.25) is 0 Å². The molecule has 0 fully saturated rings. The van der Waals surface area contributed by atoms with Crippen molar-refractivity contribution >= 4 is 65.0 Å². The highest BCUT2D eigenvalue weighted by molar-refractivity contribution is 6.16. The Kier molecular flexibility index (Phi) is 6.52. The highest BCUT2D eigenvalue weighted by Crippen LogP contribution is 2.42. The molecule has 0 spiro atoms. The van der Waals surface area contributed by atoms with E-state index in [4.69, 9.17) is 19.4 Å². The average molecular weight is 676 g/mol. The molecule has 0 N–H and O–H groups in total. The van der Waals surface area contributed by atoms with Crippen LogP contribution in [0.5, 0.6) is 0 Å². The number of aromatic nitrogens is 3. The highest BCUT2D eigenvalue weighted by atomic mass is 16.3. The number of nitrogens with zero attached hydrogens (tertiary/aromatic N) is 3. The van der Waals surface area contributed by atoms with Crippen LogP contribution >= 0.6 is 0 Å². The molecule has 0 amide bonds. The number of furan rings is 1. The van der Waals surface area contributed by atoms with Gasteiger partial charge >= 0.3 is 0 Å². The number of hydrogen-bond acceptors (Lipinski definition) is 4. The van der Waals surface area contributed by atoms with E-state index < -0.39 is 0 Å². The molecule has 2 aromatic heterocycles. The first-order valence-electron chi connectivity index (χ1n) is 17.9. The van der Waals surface area contributed by atoms with Gasteiger partial charge in [0.2, 0.25) is 0 Å². The summed E-state index contributed by atoms with van der Waals surface area (Å²) in [5, 5.41) is 11.5. The van der Waals surface area contributed by atoms with Gasteiger partial charge in [0.05, 0.1) is 0 Å². The van der Waals surface area contributed by atoms with Crippen LogP contribution in [0.3, 0.4) is 0 Å². The minimum Gasteiger partial charge on any atom is -0.455 e. The standard InChI is InChI=1S/C49H29N3O/c1-2-13-33-28-35(25-22-30(33)10-1)47-50-48(36-26-27-39-34(29-36)24-23-32-12-4-5-15-37(32)39)52-49(51-47)43-20-9-21-44-45(43)42-19-8-18-41(46(42)53-44)40-17-7-14-31-11-3-6-16-38(31)40/h1-29H. The summed E-state index contributed by atoms with van der Waals surface area (Å²) >= 11 is 0. The molecule has 0 atom stereocenters. The lowest BCUT2D eigenvalue weighted by molar-refractivity contribution is 0.670. The van der Waals surface area contributed by atoms with Crippen LogP contribution in [0.25, 0.3) is 110 Å². The van der Waals surface area contributed by atoms with Crippen molar-refractivity contribution in [2.75, 3.05) is 0 Å². The van der Waals surface area contributed by atoms with Gasteiger partial charge in [-0.2, -0.15) is 0 Å². The molecule has 0 radical (unpaired) electrons. The van der Waals surface area contributed by atoms with Gasteiger partial charge in [0.25, 0.3) is 0 Å². The predicted molar refractivity (Wildman–Crippen MR) is 219 cm³/mol. The molecule has 246 valence electrons. The van der Waals surface area contributed by atoms with E-state index in [0.29, 0.717) is 17.5 Å². The number of fused-ring (bicyclic) bond motifs is 8. The minimum atomic E-state index is 0.598. The summed E-state index contributed by atoms with van der Waals surface area (Å²) in [4.78, 5) is 15.6. The van der Waals surface area contributed by atoms with E-state index >= 15 is 0 Å². The van der Waals surface area contributed by atoms with Crippen molar-refractivity contribution in [3.63, 3.8) is 0 Å². The van der Waals surface area contributed by atoms with Gasteiger partial charge in [-0.15, -0.1) is 0 Å². The number of hydrogen-bond donors (Lipinski definition) is 0. The zero-order valence-electron chi connectivity index (χ0n) is 28.5. The first kappa shape index (κ1) is 29.5. The number of rotatable bonds is 4. The summed E-state index contributed by atoms with van der Waals surface area (Å²) in [6.07, 6.45) is 0. The predicted octanol–water partition coefficient (Wildman–Crippen LogP) is 13.1. The van der Waals surface area contributed by atoms with Gasteiger partial charge in [-0.1, -0.05) is 158 Å². The summed E-state index contributed by atoms with van der Waals surface area (Å²) in [6.45, 7) is 0. The van der Waals surface area contributed by atoms with Gasteiger partial charge in [-0.25, -0.2) is 15.0 Å². The molecule has 0 saturated carbocycles. The van der Waals surface area contributed by atoms with Crippen LogP contribution in [0.2, 0.25) is 0 Å². The van der Waals surface area contributed by atoms with Crippen molar-refractivity contribution in [1.29, 1.82) is 0 Å². The Bertz CT molecular complexity index is 3250. The zero-order chi connectivity index (χ0) is 34.9. The molecular formula is C49H29N3O. The van der Waals surface area contributed by atoms with Gasteiger partial charge in [0, 0.05) is 33.0 Å². The van der Waals surface area contributed by atoms with E-state index in [2.05, 4.69) is 164 Å². The topological polar surface area (TPSA) is 51.8 Å². The molecule has 0 aliphatic heterocycles. The molecule has 0 saturated heterocycles. The average Bonchev–Trinajstić information content (AvgIpc) is 3.62. The molecule has 4 nitrogen and oxygen atoms in total. The summed E-state index contributed by atoms with van der Waals surface area (Å²) in [6, 6.07) is 61.6. The molecule has 0 aliphatic carbocycles. The maximum absolute atomic E-state index is 6.74. The van der Waals surface area contributed by atoms with Crippen molar-refractivity contribution in [2.45, 2.75) is 0 Å². The van der Waals surface area contributed by atoms with Crippen LogP contribution in [0.15, 0.2) is 180 Å². The summed E-state index contributed by atoms with van der Waals surface area (Å²) < 4.78 is 6.74. The van der Waals surface area contributed by atoms with E-state index in [0.717, 1.165) is 60.5 Å². The normalized spacial score (nSPS) is 11.8. The Morgan fingerprint density at radius 1 is 0.321 bits per heavy atom. The third kappa shape index (κ3) is 4.80. The molecule has 53 heavy (non-hydrogen) atoms. The van der Waals surface area contributed by atoms with Crippen molar-refractivity contribution < 1.29 is 4.42 Å². The Morgan fingerprint density at radius 2 is 0.849 bits per heavy atom. The fourth-order valence-corrected chi connectivity index (χ4v) is 7.94. The SMILES string of the molecule is c1ccc2cc(-c3nc(-c4ccc5c(ccc6ccccc65)c4)nc(-c4cccc5oc6c(-c7cccc8ccccc78)cccc6c45)n3)ccc2c1. The van der Waals surface area contributed by atoms with Crippen molar-refractivity contribution in [1.82, 2.24) is 15.0 Å². The number of para-hydroxylation sites is 1. The first-order chi connectivity index (χ1) is 26.2. The lowest BCUT2D eigenvalue weighted by Crippen LogP contribution is -2.00. The molecule has 2 heterocycles. The van der Waals surface area contributed by atoms with Crippen LogP contribution < -0.4 is 0 Å². The van der Waals surface area contributed by atoms with Crippen molar-refractivity contribution in [3.8, 4) is 45.3 Å². The quantitative estimate of drug-likeness (QED) is 0.174. The van der Waals surface area contributed by atoms with Crippen LogP contribution in [-0.2, 0) is 0 Å². The molecule has 0 unspecified atom stereocenters. The monoisotopic (exact) mass is 675 g/mol. The Balaban J connectivity index is 1.15. The zero-order valence-corrected chi connectivity index (χ0v) is 28.5. The van der Waals surface area contributed by atoms with Crippen molar-refractivity contribution in [3.05, 3.63) is 176 Å². The lowest BCUT2D eigenvalue weighted by atomic mass is 9.96. The summed E-state index contributed by atoms with van der Waals surface area (Å²) in [5.74, 6) is 1.84. The molecule has 11 aromatic rings. The smallest absolute Gasteiger partial charge is 0.164 e. The molecule has 0 bridgehead atoms. The van der Waals surface area contributed by atoms with Gasteiger partial charge in [-0.05, 0) is 66.9 Å². The first-order valence-corrected chi connectivity index (χ1v) is 17.9. The summed E-state index contributed by atoms with van der Waals surface area (Å²) in [5.41, 5.74) is 6.59. The van der Waals surface area contributed by atoms with Gasteiger partial charge in [0.15, 0.2) is 17.5 Å². The second-order valence-electron chi connectivity index (χ2n) is 13.6. The summed E-state index contributed by atoms with van der Waals surface area (Å²) in [7, 11) is 0. The van der Waals surface area contributed by atoms with Crippen LogP contribution in [0.4, 0.5) is 0 Å². The van der Waals surface area contributed by atoms with Crippen LogP contribution in [-0.4, -0.2) is 15.0 Å². The third-order valence-electron chi connectivity index (χ3n) is 10.5. The largest absolute Gasteiger partial charge is 0.455 e. The third-order valence-corrected chi connectivity index (χ3v) is 10.5. The maximum Gasteiger partial charge on any atom is 0.164 e. The lowest BCUT2D eigenvalue weighted by Gasteiger charge is -2.11. The Labute approximate surface area is 304 Å². The Hall–Kier alpha value is -7.17. The van der Waals surface area contributed by atoms with Crippen LogP contribution in [0.1, 0.15) is 0 Å². The molecule has 4 heteroatoms. The van der Waals surface area contributed by atoms with Gasteiger partial charge < -0.3 is 4.42 Å².